The molecular formula is C20H29N5O. The highest BCUT2D eigenvalue weighted by atomic mass is 16.2. The summed E-state index contributed by atoms with van der Waals surface area (Å²) in [5.74, 6) is 0. The maximum Gasteiger partial charge on any atom is 0.317 e. The molecule has 1 aliphatic heterocycles. The highest BCUT2D eigenvalue weighted by Crippen LogP contribution is 2.16. The Bertz CT molecular complexity index is 720. The van der Waals surface area contributed by atoms with Crippen molar-refractivity contribution in [3.05, 3.63) is 53.3 Å². The molecule has 1 aromatic heterocycles. The van der Waals surface area contributed by atoms with Crippen molar-refractivity contribution in [3.8, 4) is 0 Å². The fraction of sp³-hybridized carbons (Fsp3) is 0.500. The van der Waals surface area contributed by atoms with E-state index < -0.39 is 0 Å². The fourth-order valence-electron chi connectivity index (χ4n) is 3.45. The van der Waals surface area contributed by atoms with Gasteiger partial charge in [-0.25, -0.2) is 4.79 Å². The summed E-state index contributed by atoms with van der Waals surface area (Å²) < 4.78 is 1.75. The number of nitrogens with one attached hydrogen (secondary N) is 1. The molecular weight excluding hydrogens is 326 g/mol. The second-order valence-electron chi connectivity index (χ2n) is 7.14. The smallest absolute Gasteiger partial charge is 0.317 e. The summed E-state index contributed by atoms with van der Waals surface area (Å²) in [6.45, 7) is 4.43. The van der Waals surface area contributed by atoms with Gasteiger partial charge in [0.15, 0.2) is 0 Å². The van der Waals surface area contributed by atoms with Crippen molar-refractivity contribution in [2.45, 2.75) is 38.9 Å². The molecule has 26 heavy (non-hydrogen) atoms. The molecule has 2 aromatic rings. The van der Waals surface area contributed by atoms with Gasteiger partial charge in [0.1, 0.15) is 0 Å². The van der Waals surface area contributed by atoms with E-state index in [2.05, 4.69) is 33.5 Å². The van der Waals surface area contributed by atoms with Crippen molar-refractivity contribution < 1.29 is 4.79 Å². The summed E-state index contributed by atoms with van der Waals surface area (Å²) in [4.78, 5) is 16.6. The fourth-order valence-corrected chi connectivity index (χ4v) is 3.45. The first-order valence-corrected chi connectivity index (χ1v) is 9.37. The lowest BCUT2D eigenvalue weighted by Crippen LogP contribution is -2.36. The number of aryl methyl sites for hydroxylation is 1. The number of piperidine rings is 1. The molecule has 0 radical (unpaired) electrons. The van der Waals surface area contributed by atoms with Crippen LogP contribution in [0.4, 0.5) is 4.79 Å². The van der Waals surface area contributed by atoms with Crippen LogP contribution < -0.4 is 5.32 Å². The van der Waals surface area contributed by atoms with E-state index in [0.717, 1.165) is 12.1 Å². The van der Waals surface area contributed by atoms with Gasteiger partial charge in [-0.15, -0.1) is 0 Å². The van der Waals surface area contributed by atoms with Crippen LogP contribution in [-0.2, 0) is 26.7 Å². The van der Waals surface area contributed by atoms with Crippen LogP contribution in [0.5, 0.6) is 0 Å². The Morgan fingerprint density at radius 3 is 2.62 bits per heavy atom. The normalized spacial score (nSPS) is 15.0. The Labute approximate surface area is 155 Å². The van der Waals surface area contributed by atoms with Gasteiger partial charge in [0.05, 0.1) is 12.7 Å². The standard InChI is InChI=1S/C20H29N5O/c1-23(14-17-12-22-24(2)15-17)20(26)21-13-18-8-4-5-9-19(18)16-25-10-6-3-7-11-25/h4-5,8-9,12,15H,3,6-7,10-11,13-14,16H2,1-2H3,(H,21,26). The molecule has 0 bridgehead atoms. The zero-order chi connectivity index (χ0) is 18.4. The highest BCUT2D eigenvalue weighted by Gasteiger charge is 2.14. The Hall–Kier alpha value is -2.34. The number of urea groups is 1. The molecule has 2 amide bonds. The molecule has 1 fully saturated rings. The number of rotatable bonds is 6. The molecule has 0 spiro atoms. The van der Waals surface area contributed by atoms with Gasteiger partial charge in [-0.3, -0.25) is 9.58 Å². The molecule has 140 valence electrons. The van der Waals surface area contributed by atoms with Gasteiger partial charge in [-0.1, -0.05) is 30.7 Å². The number of carbonyl (C=O) groups excluding carboxylic acids is 1. The molecule has 1 aliphatic rings. The molecule has 1 aromatic carbocycles. The van der Waals surface area contributed by atoms with Gasteiger partial charge in [0.25, 0.3) is 0 Å². The van der Waals surface area contributed by atoms with E-state index in [-0.39, 0.29) is 6.03 Å². The van der Waals surface area contributed by atoms with E-state index >= 15 is 0 Å². The number of amides is 2. The summed E-state index contributed by atoms with van der Waals surface area (Å²) in [5.41, 5.74) is 3.53. The summed E-state index contributed by atoms with van der Waals surface area (Å²) in [6.07, 6.45) is 7.64. The second kappa shape index (κ2) is 8.85. The van der Waals surface area contributed by atoms with Crippen LogP contribution in [-0.4, -0.2) is 45.7 Å². The zero-order valence-corrected chi connectivity index (χ0v) is 15.8. The van der Waals surface area contributed by atoms with Crippen LogP contribution in [0.25, 0.3) is 0 Å². The van der Waals surface area contributed by atoms with Crippen LogP contribution in [0.3, 0.4) is 0 Å². The third-order valence-corrected chi connectivity index (χ3v) is 4.92. The van der Waals surface area contributed by atoms with Gasteiger partial charge in [0, 0.05) is 38.9 Å². The minimum atomic E-state index is -0.0679. The van der Waals surface area contributed by atoms with Crippen molar-refractivity contribution in [2.75, 3.05) is 20.1 Å². The number of benzene rings is 1. The van der Waals surface area contributed by atoms with E-state index in [1.54, 1.807) is 15.8 Å². The van der Waals surface area contributed by atoms with Crippen LogP contribution in [0.2, 0.25) is 0 Å². The number of aromatic nitrogens is 2. The Kier molecular flexibility index (Phi) is 6.28. The van der Waals surface area contributed by atoms with Gasteiger partial charge in [-0.05, 0) is 37.1 Å². The van der Waals surface area contributed by atoms with Crippen molar-refractivity contribution in [1.82, 2.24) is 24.9 Å². The average Bonchev–Trinajstić information content (AvgIpc) is 3.06. The van der Waals surface area contributed by atoms with Crippen LogP contribution in [0.1, 0.15) is 36.0 Å². The molecule has 0 saturated carbocycles. The van der Waals surface area contributed by atoms with E-state index in [9.17, 15) is 4.79 Å². The molecule has 6 heteroatoms. The maximum absolute atomic E-state index is 12.4. The minimum Gasteiger partial charge on any atom is -0.334 e. The quantitative estimate of drug-likeness (QED) is 0.867. The van der Waals surface area contributed by atoms with E-state index in [0.29, 0.717) is 13.1 Å². The zero-order valence-electron chi connectivity index (χ0n) is 15.8. The molecule has 6 nitrogen and oxygen atoms in total. The lowest BCUT2D eigenvalue weighted by molar-refractivity contribution is 0.206. The Balaban J connectivity index is 1.54. The van der Waals surface area contributed by atoms with E-state index in [1.165, 1.54) is 43.5 Å². The monoisotopic (exact) mass is 355 g/mol. The van der Waals surface area contributed by atoms with Gasteiger partial charge >= 0.3 is 6.03 Å². The SMILES string of the molecule is CN(Cc1cnn(C)c1)C(=O)NCc1ccccc1CN1CCCCC1. The second-order valence-corrected chi connectivity index (χ2v) is 7.14. The van der Waals surface area contributed by atoms with Crippen LogP contribution in [0.15, 0.2) is 36.7 Å². The van der Waals surface area contributed by atoms with Gasteiger partial charge < -0.3 is 10.2 Å². The molecule has 0 atom stereocenters. The number of nitrogens with zero attached hydrogens (tertiary/aromatic N) is 4. The molecule has 3 rings (SSSR count). The summed E-state index contributed by atoms with van der Waals surface area (Å²) in [7, 11) is 3.69. The average molecular weight is 355 g/mol. The largest absolute Gasteiger partial charge is 0.334 e. The summed E-state index contributed by atoms with van der Waals surface area (Å²) in [6, 6.07) is 8.34. The molecule has 0 aliphatic carbocycles. The summed E-state index contributed by atoms with van der Waals surface area (Å²) >= 11 is 0. The third-order valence-electron chi connectivity index (χ3n) is 4.92. The molecule has 1 N–H and O–H groups in total. The Morgan fingerprint density at radius 2 is 1.92 bits per heavy atom. The number of likely N-dealkylation sites (tertiary alicyclic amines) is 1. The highest BCUT2D eigenvalue weighted by molar-refractivity contribution is 5.73. The lowest BCUT2D eigenvalue weighted by Gasteiger charge is -2.27. The number of hydrogen-bond donors (Lipinski definition) is 1. The topological polar surface area (TPSA) is 53.4 Å². The molecule has 2 heterocycles. The van der Waals surface area contributed by atoms with Crippen LogP contribution >= 0.6 is 0 Å². The maximum atomic E-state index is 12.4. The van der Waals surface area contributed by atoms with Crippen LogP contribution in [0, 0.1) is 0 Å². The van der Waals surface area contributed by atoms with Crippen molar-refractivity contribution in [3.63, 3.8) is 0 Å². The lowest BCUT2D eigenvalue weighted by atomic mass is 10.0. The van der Waals surface area contributed by atoms with Gasteiger partial charge in [0.2, 0.25) is 0 Å². The van der Waals surface area contributed by atoms with Gasteiger partial charge in [-0.2, -0.15) is 5.10 Å². The summed E-state index contributed by atoms with van der Waals surface area (Å²) in [5, 5.41) is 7.19. The van der Waals surface area contributed by atoms with Crippen molar-refractivity contribution in [1.29, 1.82) is 0 Å². The van der Waals surface area contributed by atoms with Crippen molar-refractivity contribution >= 4 is 6.03 Å². The molecule has 0 unspecified atom stereocenters. The predicted octanol–water partition coefficient (Wildman–Crippen LogP) is 2.75. The number of carbonyl (C=O) groups is 1. The number of hydrogen-bond acceptors (Lipinski definition) is 3. The first kappa shape index (κ1) is 18.5. The van der Waals surface area contributed by atoms with E-state index in [4.69, 9.17) is 0 Å². The Morgan fingerprint density at radius 1 is 1.19 bits per heavy atom. The van der Waals surface area contributed by atoms with E-state index in [1.807, 2.05) is 26.4 Å². The van der Waals surface area contributed by atoms with Crippen molar-refractivity contribution in [2.24, 2.45) is 7.05 Å². The predicted molar refractivity (Wildman–Crippen MR) is 102 cm³/mol. The molecule has 1 saturated heterocycles. The minimum absolute atomic E-state index is 0.0679. The first-order valence-electron chi connectivity index (χ1n) is 9.37. The first-order chi connectivity index (χ1) is 12.6. The third kappa shape index (κ3) is 5.08.